The van der Waals surface area contributed by atoms with Gasteiger partial charge in [-0.25, -0.2) is 0 Å². The first-order chi connectivity index (χ1) is 10.4. The van der Waals surface area contributed by atoms with E-state index in [1.807, 2.05) is 6.92 Å². The summed E-state index contributed by atoms with van der Waals surface area (Å²) in [5, 5.41) is 0. The topological polar surface area (TPSA) is 44.8 Å². The van der Waals surface area contributed by atoms with Crippen LogP contribution < -0.4 is 0 Å². The zero-order valence-electron chi connectivity index (χ0n) is 13.9. The molecule has 0 aromatic heterocycles. The number of carbonyl (C=O) groups excluding carboxylic acids is 1. The van der Waals surface area contributed by atoms with Gasteiger partial charge < -0.3 is 14.2 Å². The fourth-order valence-electron chi connectivity index (χ4n) is 3.97. The molecule has 0 spiro atoms. The van der Waals surface area contributed by atoms with Crippen LogP contribution in [0, 0.1) is 11.3 Å². The van der Waals surface area contributed by atoms with E-state index in [0.717, 1.165) is 29.7 Å². The van der Waals surface area contributed by atoms with E-state index in [1.165, 1.54) is 12.5 Å². The van der Waals surface area contributed by atoms with Crippen LogP contribution in [-0.2, 0) is 19.0 Å². The monoisotopic (exact) mass is 304 g/mol. The molecular formula is C18H24O4. The Morgan fingerprint density at radius 1 is 1.45 bits per heavy atom. The number of carbonyl (C=O) groups is 1. The molecule has 1 heterocycles. The van der Waals surface area contributed by atoms with Crippen molar-refractivity contribution in [3.63, 3.8) is 0 Å². The molecule has 4 nitrogen and oxygen atoms in total. The first-order valence-electron chi connectivity index (χ1n) is 7.89. The molecule has 4 atom stereocenters. The SMILES string of the molecule is COC1OC2=CC3=CCCC(C)C3(C)C(OC(C)=O)C2=C1C. The lowest BCUT2D eigenvalue weighted by Crippen LogP contribution is -2.47. The van der Waals surface area contributed by atoms with Crippen molar-refractivity contribution < 1.29 is 19.0 Å². The van der Waals surface area contributed by atoms with Crippen LogP contribution in [0.3, 0.4) is 0 Å². The average Bonchev–Trinajstić information content (AvgIpc) is 2.77. The Labute approximate surface area is 131 Å². The quantitative estimate of drug-likeness (QED) is 0.732. The molecule has 0 amide bonds. The van der Waals surface area contributed by atoms with Crippen molar-refractivity contribution in [2.75, 3.05) is 7.11 Å². The molecule has 2 aliphatic carbocycles. The van der Waals surface area contributed by atoms with Gasteiger partial charge in [0, 0.05) is 30.6 Å². The van der Waals surface area contributed by atoms with Gasteiger partial charge in [0.1, 0.15) is 11.9 Å². The Morgan fingerprint density at radius 2 is 2.18 bits per heavy atom. The minimum absolute atomic E-state index is 0.212. The average molecular weight is 304 g/mol. The van der Waals surface area contributed by atoms with E-state index < -0.39 is 0 Å². The van der Waals surface area contributed by atoms with Gasteiger partial charge in [-0.15, -0.1) is 0 Å². The molecule has 1 aliphatic heterocycles. The highest BCUT2D eigenvalue weighted by Gasteiger charge is 2.53. The van der Waals surface area contributed by atoms with Crippen molar-refractivity contribution in [1.82, 2.24) is 0 Å². The van der Waals surface area contributed by atoms with Crippen molar-refractivity contribution in [1.29, 1.82) is 0 Å². The van der Waals surface area contributed by atoms with Crippen LogP contribution in [0.5, 0.6) is 0 Å². The molecule has 3 aliphatic rings. The van der Waals surface area contributed by atoms with Crippen LogP contribution in [-0.4, -0.2) is 25.5 Å². The normalized spacial score (nSPS) is 36.9. The second-order valence-electron chi connectivity index (χ2n) is 6.70. The van der Waals surface area contributed by atoms with Gasteiger partial charge in [0.25, 0.3) is 0 Å². The molecule has 0 aromatic carbocycles. The maximum absolute atomic E-state index is 11.7. The van der Waals surface area contributed by atoms with E-state index in [-0.39, 0.29) is 23.8 Å². The predicted octanol–water partition coefficient (Wildman–Crippen LogP) is 3.50. The minimum Gasteiger partial charge on any atom is -0.461 e. The zero-order chi connectivity index (χ0) is 16.1. The smallest absolute Gasteiger partial charge is 0.303 e. The highest BCUT2D eigenvalue weighted by Crippen LogP contribution is 2.55. The maximum Gasteiger partial charge on any atom is 0.303 e. The summed E-state index contributed by atoms with van der Waals surface area (Å²) in [6.45, 7) is 7.90. The number of fused-ring (bicyclic) bond motifs is 2. The standard InChI is InChI=1S/C18H24O4/c1-10-7-6-8-13-9-14-15(11(2)17(20-5)22-14)16(18(10,13)4)21-12(3)19/h8-10,16-17H,6-7H2,1-5H3. The van der Waals surface area contributed by atoms with E-state index in [1.54, 1.807) is 7.11 Å². The summed E-state index contributed by atoms with van der Waals surface area (Å²) in [5.41, 5.74) is 2.98. The number of esters is 1. The fraction of sp³-hybridized carbons (Fsp3) is 0.611. The number of hydrogen-bond donors (Lipinski definition) is 0. The van der Waals surface area contributed by atoms with Crippen LogP contribution in [0.4, 0.5) is 0 Å². The van der Waals surface area contributed by atoms with Gasteiger partial charge in [-0.1, -0.05) is 19.9 Å². The third kappa shape index (κ3) is 2.04. The lowest BCUT2D eigenvalue weighted by atomic mass is 9.59. The zero-order valence-corrected chi connectivity index (χ0v) is 13.9. The highest BCUT2D eigenvalue weighted by molar-refractivity contribution is 5.68. The fourth-order valence-corrected chi connectivity index (χ4v) is 3.97. The summed E-state index contributed by atoms with van der Waals surface area (Å²) in [7, 11) is 1.63. The Bertz CT molecular complexity index is 598. The van der Waals surface area contributed by atoms with Gasteiger partial charge in [0.05, 0.1) is 0 Å². The van der Waals surface area contributed by atoms with Crippen molar-refractivity contribution in [3.8, 4) is 0 Å². The van der Waals surface area contributed by atoms with Crippen molar-refractivity contribution in [3.05, 3.63) is 34.6 Å². The van der Waals surface area contributed by atoms with E-state index in [9.17, 15) is 4.79 Å². The largest absolute Gasteiger partial charge is 0.461 e. The molecule has 0 N–H and O–H groups in total. The van der Waals surface area contributed by atoms with Crippen molar-refractivity contribution in [2.45, 2.75) is 52.9 Å². The van der Waals surface area contributed by atoms with Crippen molar-refractivity contribution >= 4 is 5.97 Å². The molecule has 0 saturated carbocycles. The molecule has 0 fully saturated rings. The Kier molecular flexibility index (Phi) is 3.68. The minimum atomic E-state index is -0.390. The Morgan fingerprint density at radius 3 is 2.82 bits per heavy atom. The summed E-state index contributed by atoms with van der Waals surface area (Å²) >= 11 is 0. The van der Waals surface area contributed by atoms with Crippen LogP contribution in [0.15, 0.2) is 34.6 Å². The molecule has 120 valence electrons. The second kappa shape index (κ2) is 5.27. The molecule has 22 heavy (non-hydrogen) atoms. The molecule has 0 aromatic rings. The Hall–Kier alpha value is -1.55. The van der Waals surface area contributed by atoms with Gasteiger partial charge in [-0.05, 0) is 37.3 Å². The highest BCUT2D eigenvalue weighted by atomic mass is 16.7. The molecule has 3 rings (SSSR count). The number of methoxy groups -OCH3 is 1. The Balaban J connectivity index is 2.18. The van der Waals surface area contributed by atoms with E-state index >= 15 is 0 Å². The van der Waals surface area contributed by atoms with E-state index in [4.69, 9.17) is 14.2 Å². The number of hydrogen-bond acceptors (Lipinski definition) is 4. The molecular weight excluding hydrogens is 280 g/mol. The van der Waals surface area contributed by atoms with Gasteiger partial charge in [-0.2, -0.15) is 0 Å². The van der Waals surface area contributed by atoms with Gasteiger partial charge in [0.15, 0.2) is 0 Å². The van der Waals surface area contributed by atoms with Crippen molar-refractivity contribution in [2.24, 2.45) is 11.3 Å². The maximum atomic E-state index is 11.7. The lowest BCUT2D eigenvalue weighted by molar-refractivity contribution is -0.151. The summed E-state index contributed by atoms with van der Waals surface area (Å²) < 4.78 is 17.1. The van der Waals surface area contributed by atoms with E-state index in [2.05, 4.69) is 26.0 Å². The van der Waals surface area contributed by atoms with Crippen LogP contribution >= 0.6 is 0 Å². The first-order valence-corrected chi connectivity index (χ1v) is 7.89. The second-order valence-corrected chi connectivity index (χ2v) is 6.70. The number of allylic oxidation sites excluding steroid dienone is 2. The summed E-state index contributed by atoms with van der Waals surface area (Å²) in [6.07, 6.45) is 5.80. The number of ether oxygens (including phenoxy) is 3. The number of rotatable bonds is 2. The van der Waals surface area contributed by atoms with Crippen LogP contribution in [0.2, 0.25) is 0 Å². The molecule has 0 radical (unpaired) electrons. The molecule has 4 unspecified atom stereocenters. The first kappa shape index (κ1) is 15.3. The van der Waals surface area contributed by atoms with Gasteiger partial charge >= 0.3 is 5.97 Å². The van der Waals surface area contributed by atoms with Crippen LogP contribution in [0.1, 0.15) is 40.5 Å². The van der Waals surface area contributed by atoms with E-state index in [0.29, 0.717) is 5.92 Å². The third-order valence-corrected chi connectivity index (χ3v) is 5.48. The van der Waals surface area contributed by atoms with Crippen LogP contribution in [0.25, 0.3) is 0 Å². The van der Waals surface area contributed by atoms with Gasteiger partial charge in [-0.3, -0.25) is 4.79 Å². The lowest BCUT2D eigenvalue weighted by Gasteiger charge is -2.47. The molecule has 0 saturated heterocycles. The van der Waals surface area contributed by atoms with Gasteiger partial charge in [0.2, 0.25) is 6.29 Å². The molecule has 0 bridgehead atoms. The summed E-state index contributed by atoms with van der Waals surface area (Å²) in [4.78, 5) is 11.7. The predicted molar refractivity (Wildman–Crippen MR) is 82.8 cm³/mol. The summed E-state index contributed by atoms with van der Waals surface area (Å²) in [6, 6.07) is 0. The summed E-state index contributed by atoms with van der Waals surface area (Å²) in [5.74, 6) is 0.954. The third-order valence-electron chi connectivity index (χ3n) is 5.48. The molecule has 4 heteroatoms.